The van der Waals surface area contributed by atoms with Gasteiger partial charge in [-0.2, -0.15) is 0 Å². The molecule has 2 rings (SSSR count). The molecule has 0 saturated carbocycles. The number of oxime groups is 1. The Balaban J connectivity index is 2.10. The maximum atomic E-state index is 12.4. The first-order chi connectivity index (χ1) is 11.5. The zero-order chi connectivity index (χ0) is 17.5. The van der Waals surface area contributed by atoms with E-state index in [1.54, 1.807) is 12.1 Å². The lowest BCUT2D eigenvalue weighted by Gasteiger charge is -2.18. The zero-order valence-corrected chi connectivity index (χ0v) is 15.0. The fourth-order valence-electron chi connectivity index (χ4n) is 3.03. The molecule has 0 saturated heterocycles. The van der Waals surface area contributed by atoms with Crippen LogP contribution in [0.15, 0.2) is 29.4 Å². The van der Waals surface area contributed by atoms with Gasteiger partial charge in [-0.15, -0.1) is 0 Å². The van der Waals surface area contributed by atoms with E-state index in [4.69, 9.17) is 4.84 Å². The maximum absolute atomic E-state index is 12.4. The predicted octanol–water partition coefficient (Wildman–Crippen LogP) is 4.70. The number of unbranched alkanes of at least 4 members (excludes halogenated alkanes) is 1. The van der Waals surface area contributed by atoms with Crippen molar-refractivity contribution in [3.8, 4) is 5.75 Å². The minimum Gasteiger partial charge on any atom is -0.508 e. The molecular formula is C20H29NO3. The first-order valence-corrected chi connectivity index (χ1v) is 9.06. The Kier molecular flexibility index (Phi) is 6.83. The van der Waals surface area contributed by atoms with Gasteiger partial charge in [0.15, 0.2) is 0 Å². The van der Waals surface area contributed by atoms with Gasteiger partial charge in [-0.1, -0.05) is 32.3 Å². The number of phenolic OH excluding ortho intramolecular Hbond substituents is 1. The SMILES string of the molecule is CCCCC1ON=C(c2ccc(O)cc2)C1CC(=O)CCC(C)C. The van der Waals surface area contributed by atoms with Gasteiger partial charge >= 0.3 is 0 Å². The van der Waals surface area contributed by atoms with Crippen LogP contribution >= 0.6 is 0 Å². The Labute approximate surface area is 144 Å². The van der Waals surface area contributed by atoms with Gasteiger partial charge in [0.05, 0.1) is 11.6 Å². The lowest BCUT2D eigenvalue weighted by atomic mass is 9.85. The molecular weight excluding hydrogens is 302 g/mol. The molecule has 0 bridgehead atoms. The summed E-state index contributed by atoms with van der Waals surface area (Å²) in [6.45, 7) is 6.43. The number of hydrogen-bond donors (Lipinski definition) is 1. The number of benzene rings is 1. The molecule has 1 aromatic rings. The van der Waals surface area contributed by atoms with Crippen molar-refractivity contribution in [1.29, 1.82) is 0 Å². The monoisotopic (exact) mass is 331 g/mol. The molecule has 2 atom stereocenters. The molecule has 4 heteroatoms. The predicted molar refractivity (Wildman–Crippen MR) is 96.2 cm³/mol. The highest BCUT2D eigenvalue weighted by Crippen LogP contribution is 2.30. The van der Waals surface area contributed by atoms with Crippen LogP contribution in [0.3, 0.4) is 0 Å². The number of ketones is 1. The summed E-state index contributed by atoms with van der Waals surface area (Å²) in [6, 6.07) is 6.97. The molecule has 1 aliphatic rings. The van der Waals surface area contributed by atoms with E-state index in [0.717, 1.165) is 37.0 Å². The van der Waals surface area contributed by atoms with Crippen LogP contribution in [0.4, 0.5) is 0 Å². The zero-order valence-electron chi connectivity index (χ0n) is 15.0. The van der Waals surface area contributed by atoms with Crippen molar-refractivity contribution < 1.29 is 14.7 Å². The van der Waals surface area contributed by atoms with E-state index in [-0.39, 0.29) is 23.6 Å². The van der Waals surface area contributed by atoms with E-state index >= 15 is 0 Å². The van der Waals surface area contributed by atoms with Crippen LogP contribution in [0.25, 0.3) is 0 Å². The Morgan fingerprint density at radius 3 is 2.62 bits per heavy atom. The van der Waals surface area contributed by atoms with E-state index in [2.05, 4.69) is 25.9 Å². The van der Waals surface area contributed by atoms with Crippen molar-refractivity contribution in [2.24, 2.45) is 17.0 Å². The molecule has 0 radical (unpaired) electrons. The number of carbonyl (C=O) groups excluding carboxylic acids is 1. The number of aromatic hydroxyl groups is 1. The smallest absolute Gasteiger partial charge is 0.136 e. The van der Waals surface area contributed by atoms with E-state index in [9.17, 15) is 9.90 Å². The van der Waals surface area contributed by atoms with Crippen molar-refractivity contribution in [3.63, 3.8) is 0 Å². The van der Waals surface area contributed by atoms with Crippen molar-refractivity contribution in [1.82, 2.24) is 0 Å². The van der Waals surface area contributed by atoms with Crippen molar-refractivity contribution >= 4 is 11.5 Å². The summed E-state index contributed by atoms with van der Waals surface area (Å²) in [4.78, 5) is 18.1. The van der Waals surface area contributed by atoms with Crippen LogP contribution in [-0.2, 0) is 9.63 Å². The highest BCUT2D eigenvalue weighted by molar-refractivity contribution is 6.04. The minimum absolute atomic E-state index is 0.0146. The van der Waals surface area contributed by atoms with Gasteiger partial charge in [0, 0.05) is 18.4 Å². The van der Waals surface area contributed by atoms with Crippen LogP contribution in [0.1, 0.15) is 64.9 Å². The molecule has 24 heavy (non-hydrogen) atoms. The maximum Gasteiger partial charge on any atom is 0.136 e. The van der Waals surface area contributed by atoms with Gasteiger partial charge in [-0.3, -0.25) is 4.79 Å². The second-order valence-electron chi connectivity index (χ2n) is 7.09. The van der Waals surface area contributed by atoms with Gasteiger partial charge in [0.1, 0.15) is 17.6 Å². The van der Waals surface area contributed by atoms with Gasteiger partial charge in [0.2, 0.25) is 0 Å². The lowest BCUT2D eigenvalue weighted by Crippen LogP contribution is -2.27. The standard InChI is InChI=1S/C20H29NO3/c1-4-5-6-19-18(13-17(23)10-7-14(2)3)20(21-24-19)15-8-11-16(22)12-9-15/h8-9,11-12,14,18-19,22H,4-7,10,13H2,1-3H3. The summed E-state index contributed by atoms with van der Waals surface area (Å²) in [5, 5.41) is 13.8. The van der Waals surface area contributed by atoms with E-state index < -0.39 is 0 Å². The molecule has 2 unspecified atom stereocenters. The average molecular weight is 331 g/mol. The Morgan fingerprint density at radius 1 is 1.29 bits per heavy atom. The second-order valence-corrected chi connectivity index (χ2v) is 7.09. The molecule has 0 spiro atoms. The number of hydrogen-bond acceptors (Lipinski definition) is 4. The van der Waals surface area contributed by atoms with Gasteiger partial charge in [0.25, 0.3) is 0 Å². The average Bonchev–Trinajstić information content (AvgIpc) is 2.94. The van der Waals surface area contributed by atoms with Crippen LogP contribution in [0.5, 0.6) is 5.75 Å². The fraction of sp³-hybridized carbons (Fsp3) is 0.600. The number of nitrogens with zero attached hydrogens (tertiary/aromatic N) is 1. The van der Waals surface area contributed by atoms with Crippen molar-refractivity contribution in [2.75, 3.05) is 0 Å². The quantitative estimate of drug-likeness (QED) is 0.713. The summed E-state index contributed by atoms with van der Waals surface area (Å²) in [6.07, 6.45) is 5.11. The van der Waals surface area contributed by atoms with Crippen molar-refractivity contribution in [3.05, 3.63) is 29.8 Å². The lowest BCUT2D eigenvalue weighted by molar-refractivity contribution is -0.120. The summed E-state index contributed by atoms with van der Waals surface area (Å²) < 4.78 is 0. The molecule has 0 fully saturated rings. The third-order valence-corrected chi connectivity index (χ3v) is 4.54. The summed E-state index contributed by atoms with van der Waals surface area (Å²) >= 11 is 0. The molecule has 4 nitrogen and oxygen atoms in total. The van der Waals surface area contributed by atoms with Crippen LogP contribution in [-0.4, -0.2) is 22.7 Å². The first kappa shape index (κ1) is 18.5. The molecule has 1 aliphatic heterocycles. The fourth-order valence-corrected chi connectivity index (χ4v) is 3.03. The van der Waals surface area contributed by atoms with Gasteiger partial charge in [-0.25, -0.2) is 0 Å². The molecule has 1 heterocycles. The second kappa shape index (κ2) is 8.86. The van der Waals surface area contributed by atoms with Gasteiger partial charge in [-0.05, 0) is 49.4 Å². The largest absolute Gasteiger partial charge is 0.508 e. The van der Waals surface area contributed by atoms with E-state index in [1.165, 1.54) is 0 Å². The van der Waals surface area contributed by atoms with Gasteiger partial charge < -0.3 is 9.94 Å². The molecule has 1 aromatic carbocycles. The Bertz CT molecular complexity index is 563. The summed E-state index contributed by atoms with van der Waals surface area (Å²) in [5.74, 6) is 1.06. The molecule has 1 N–H and O–H groups in total. The highest BCUT2D eigenvalue weighted by Gasteiger charge is 2.35. The Morgan fingerprint density at radius 2 is 2.00 bits per heavy atom. The topological polar surface area (TPSA) is 58.9 Å². The number of carbonyl (C=O) groups is 1. The minimum atomic E-state index is -0.0169. The molecule has 0 aromatic heterocycles. The van der Waals surface area contributed by atoms with E-state index in [1.807, 2.05) is 12.1 Å². The van der Waals surface area contributed by atoms with Crippen molar-refractivity contribution in [2.45, 2.75) is 65.4 Å². The molecule has 132 valence electrons. The van der Waals surface area contributed by atoms with Crippen LogP contribution < -0.4 is 0 Å². The van der Waals surface area contributed by atoms with Crippen LogP contribution in [0.2, 0.25) is 0 Å². The number of Topliss-reactive ketones (excluding diaryl/α,β-unsaturated/α-hetero) is 1. The number of rotatable bonds is 9. The third kappa shape index (κ3) is 5.08. The van der Waals surface area contributed by atoms with E-state index in [0.29, 0.717) is 18.8 Å². The molecule has 0 amide bonds. The highest BCUT2D eigenvalue weighted by atomic mass is 16.6. The third-order valence-electron chi connectivity index (χ3n) is 4.54. The first-order valence-electron chi connectivity index (χ1n) is 9.06. The van der Waals surface area contributed by atoms with Crippen LogP contribution in [0, 0.1) is 11.8 Å². The molecule has 0 aliphatic carbocycles. The summed E-state index contributed by atoms with van der Waals surface area (Å²) in [5.41, 5.74) is 1.77. The Hall–Kier alpha value is -1.84. The number of phenols is 1. The summed E-state index contributed by atoms with van der Waals surface area (Å²) in [7, 11) is 0. The normalized spacial score (nSPS) is 20.1.